The molecule has 0 saturated heterocycles. The van der Waals surface area contributed by atoms with Gasteiger partial charge in [0.15, 0.2) is 5.79 Å². The van der Waals surface area contributed by atoms with E-state index in [4.69, 9.17) is 27.8 Å². The molecule has 0 bridgehead atoms. The number of amidine groups is 1. The zero-order valence-electron chi connectivity index (χ0n) is 15.9. The van der Waals surface area contributed by atoms with Crippen LogP contribution >= 0.6 is 11.6 Å². The van der Waals surface area contributed by atoms with Gasteiger partial charge >= 0.3 is 0 Å². The highest BCUT2D eigenvalue weighted by Gasteiger charge is 2.39. The number of methoxy groups -OCH3 is 1. The predicted molar refractivity (Wildman–Crippen MR) is 105 cm³/mol. The zero-order valence-corrected chi connectivity index (χ0v) is 16.7. The van der Waals surface area contributed by atoms with Crippen LogP contribution in [0.25, 0.3) is 0 Å². The van der Waals surface area contributed by atoms with Crippen LogP contribution in [0.4, 0.5) is 0 Å². The Balaban J connectivity index is 2.35. The third-order valence-electron chi connectivity index (χ3n) is 4.65. The molecule has 1 atom stereocenters. The van der Waals surface area contributed by atoms with Gasteiger partial charge in [0.2, 0.25) is 0 Å². The first-order valence-electron chi connectivity index (χ1n) is 8.46. The second kappa shape index (κ2) is 6.89. The Hall–Kier alpha value is -1.72. The molecule has 138 valence electrons. The minimum absolute atomic E-state index is 0.272. The Labute approximate surface area is 155 Å². The van der Waals surface area contributed by atoms with Crippen LogP contribution in [0.3, 0.4) is 0 Å². The molecular formula is C19H29ClN4O. The molecule has 1 aromatic carbocycles. The number of nitrogens with one attached hydrogen (secondary N) is 1. The van der Waals surface area contributed by atoms with Gasteiger partial charge in [-0.05, 0) is 29.2 Å². The van der Waals surface area contributed by atoms with Gasteiger partial charge in [-0.25, -0.2) is 4.99 Å². The van der Waals surface area contributed by atoms with Gasteiger partial charge in [-0.15, -0.1) is 0 Å². The molecule has 0 amide bonds. The van der Waals surface area contributed by atoms with Crippen LogP contribution in [0, 0.1) is 5.41 Å². The van der Waals surface area contributed by atoms with E-state index in [0.717, 1.165) is 11.1 Å². The fraction of sp³-hybridized carbons (Fsp3) is 0.526. The summed E-state index contributed by atoms with van der Waals surface area (Å²) in [7, 11) is 1.62. The van der Waals surface area contributed by atoms with Crippen molar-refractivity contribution in [2.24, 2.45) is 21.9 Å². The highest BCUT2D eigenvalue weighted by atomic mass is 35.5. The summed E-state index contributed by atoms with van der Waals surface area (Å²) in [5.41, 5.74) is 15.5. The highest BCUT2D eigenvalue weighted by molar-refractivity contribution is 6.32. The standard InChI is InChI=1S/C19H29ClN4O/c1-11(2)14-9-16(25-6)15(20)8-12(14)7-13-10-23-19(22,18(3,4)5)24-17(13)21/h8-11,23H,7,22H2,1-6H3,(H2,21,24). The molecule has 1 aromatic rings. The molecule has 6 heteroatoms. The predicted octanol–water partition coefficient (Wildman–Crippen LogP) is 3.52. The number of nitrogens with zero attached hydrogens (tertiary/aromatic N) is 1. The van der Waals surface area contributed by atoms with Gasteiger partial charge < -0.3 is 15.8 Å². The van der Waals surface area contributed by atoms with Crippen molar-refractivity contribution in [3.8, 4) is 5.75 Å². The molecule has 1 unspecified atom stereocenters. The van der Waals surface area contributed by atoms with Crippen LogP contribution < -0.4 is 21.5 Å². The topological polar surface area (TPSA) is 85.7 Å². The smallest absolute Gasteiger partial charge is 0.189 e. The molecule has 0 aromatic heterocycles. The largest absolute Gasteiger partial charge is 0.495 e. The molecule has 0 fully saturated rings. The van der Waals surface area contributed by atoms with Crippen LogP contribution in [-0.4, -0.2) is 18.7 Å². The molecule has 0 spiro atoms. The second-order valence-corrected chi connectivity index (χ2v) is 8.25. The average Bonchev–Trinajstić information content (AvgIpc) is 2.49. The van der Waals surface area contributed by atoms with Crippen molar-refractivity contribution in [2.45, 2.75) is 52.7 Å². The van der Waals surface area contributed by atoms with E-state index in [1.165, 1.54) is 5.56 Å². The van der Waals surface area contributed by atoms with Gasteiger partial charge in [0.1, 0.15) is 11.6 Å². The van der Waals surface area contributed by atoms with E-state index < -0.39 is 5.79 Å². The first-order chi connectivity index (χ1) is 11.5. The first-order valence-corrected chi connectivity index (χ1v) is 8.84. The first kappa shape index (κ1) is 19.6. The fourth-order valence-corrected chi connectivity index (χ4v) is 3.02. The van der Waals surface area contributed by atoms with Crippen molar-refractivity contribution in [1.82, 2.24) is 5.32 Å². The monoisotopic (exact) mass is 364 g/mol. The lowest BCUT2D eigenvalue weighted by molar-refractivity contribution is 0.168. The van der Waals surface area contributed by atoms with Gasteiger partial charge in [-0.2, -0.15) is 0 Å². The molecule has 25 heavy (non-hydrogen) atoms. The maximum Gasteiger partial charge on any atom is 0.189 e. The summed E-state index contributed by atoms with van der Waals surface area (Å²) in [5, 5.41) is 3.80. The lowest BCUT2D eigenvalue weighted by Crippen LogP contribution is -2.61. The molecule has 0 aliphatic carbocycles. The number of hydrogen-bond donors (Lipinski definition) is 3. The molecular weight excluding hydrogens is 336 g/mol. The Kier molecular flexibility index (Phi) is 5.40. The molecule has 2 rings (SSSR count). The van der Waals surface area contributed by atoms with E-state index >= 15 is 0 Å². The van der Waals surface area contributed by atoms with Crippen molar-refractivity contribution >= 4 is 17.4 Å². The number of aliphatic imine (C=N–C) groups is 1. The number of ether oxygens (including phenoxy) is 1. The van der Waals surface area contributed by atoms with Crippen LogP contribution in [0.1, 0.15) is 51.7 Å². The Morgan fingerprint density at radius 3 is 2.44 bits per heavy atom. The Morgan fingerprint density at radius 2 is 1.96 bits per heavy atom. The summed E-state index contributed by atoms with van der Waals surface area (Å²) < 4.78 is 5.34. The molecule has 5 nitrogen and oxygen atoms in total. The van der Waals surface area contributed by atoms with Gasteiger partial charge in [-0.1, -0.05) is 46.2 Å². The molecule has 0 saturated carbocycles. The maximum absolute atomic E-state index is 6.36. The summed E-state index contributed by atoms with van der Waals surface area (Å²) >= 11 is 6.32. The van der Waals surface area contributed by atoms with E-state index in [-0.39, 0.29) is 5.41 Å². The van der Waals surface area contributed by atoms with Crippen molar-refractivity contribution < 1.29 is 4.74 Å². The van der Waals surface area contributed by atoms with Crippen LogP contribution in [0.5, 0.6) is 5.75 Å². The van der Waals surface area contributed by atoms with Crippen molar-refractivity contribution in [3.63, 3.8) is 0 Å². The van der Waals surface area contributed by atoms with E-state index in [1.807, 2.05) is 39.1 Å². The van der Waals surface area contributed by atoms with Crippen molar-refractivity contribution in [2.75, 3.05) is 7.11 Å². The van der Waals surface area contributed by atoms with Gasteiger partial charge in [-0.3, -0.25) is 5.73 Å². The lowest BCUT2D eigenvalue weighted by atomic mass is 9.86. The number of halogens is 1. The summed E-state index contributed by atoms with van der Waals surface area (Å²) in [6.07, 6.45) is 2.50. The van der Waals surface area contributed by atoms with E-state index in [1.54, 1.807) is 7.11 Å². The lowest BCUT2D eigenvalue weighted by Gasteiger charge is -2.40. The van der Waals surface area contributed by atoms with E-state index in [2.05, 4.69) is 24.2 Å². The third-order valence-corrected chi connectivity index (χ3v) is 4.95. The number of hydrogen-bond acceptors (Lipinski definition) is 5. The van der Waals surface area contributed by atoms with Crippen molar-refractivity contribution in [3.05, 3.63) is 40.1 Å². The molecule has 5 N–H and O–H groups in total. The summed E-state index contributed by atoms with van der Waals surface area (Å²) in [5.74, 6) is 0.552. The molecule has 1 heterocycles. The van der Waals surface area contributed by atoms with E-state index in [0.29, 0.717) is 28.9 Å². The quantitative estimate of drug-likeness (QED) is 0.763. The van der Waals surface area contributed by atoms with Crippen LogP contribution in [0.2, 0.25) is 5.02 Å². The molecule has 1 aliphatic heterocycles. The summed E-state index contributed by atoms with van der Waals surface area (Å²) in [6, 6.07) is 3.94. The van der Waals surface area contributed by atoms with Crippen LogP contribution in [-0.2, 0) is 6.42 Å². The normalized spacial score (nSPS) is 20.8. The fourth-order valence-electron chi connectivity index (χ4n) is 2.75. The summed E-state index contributed by atoms with van der Waals surface area (Å²) in [6.45, 7) is 10.4. The van der Waals surface area contributed by atoms with Gasteiger partial charge in [0, 0.05) is 23.6 Å². The average molecular weight is 365 g/mol. The number of benzene rings is 1. The van der Waals surface area contributed by atoms with Gasteiger partial charge in [0.25, 0.3) is 0 Å². The van der Waals surface area contributed by atoms with Crippen molar-refractivity contribution in [1.29, 1.82) is 0 Å². The second-order valence-electron chi connectivity index (χ2n) is 7.84. The number of nitrogens with two attached hydrogens (primary N) is 2. The van der Waals surface area contributed by atoms with Gasteiger partial charge in [0.05, 0.1) is 12.1 Å². The summed E-state index contributed by atoms with van der Waals surface area (Å²) in [4.78, 5) is 4.53. The maximum atomic E-state index is 6.36. The zero-order chi connectivity index (χ0) is 19.0. The Morgan fingerprint density at radius 1 is 1.32 bits per heavy atom. The minimum atomic E-state index is -0.918. The SMILES string of the molecule is COc1cc(C(C)C)c(CC2=CNC(N)(C(C)(C)C)N=C2N)cc1Cl. The molecule has 1 aliphatic rings. The minimum Gasteiger partial charge on any atom is -0.495 e. The molecule has 0 radical (unpaired) electrons. The van der Waals surface area contributed by atoms with Crippen LogP contribution in [0.15, 0.2) is 28.9 Å². The van der Waals surface area contributed by atoms with E-state index in [9.17, 15) is 0 Å². The number of rotatable bonds is 4. The highest BCUT2D eigenvalue weighted by Crippen LogP contribution is 2.34. The Bertz CT molecular complexity index is 719. The third kappa shape index (κ3) is 3.93.